The Balaban J connectivity index is 1.80. The van der Waals surface area contributed by atoms with E-state index >= 15 is 0 Å². The summed E-state index contributed by atoms with van der Waals surface area (Å²) in [6.07, 6.45) is 1.43. The van der Waals surface area contributed by atoms with Gasteiger partial charge in [0, 0.05) is 24.5 Å². The SMILES string of the molecule is Cc1cc(C)cc(OCCNc2ccnc(F)c2)c1. The van der Waals surface area contributed by atoms with E-state index in [0.717, 1.165) is 5.75 Å². The molecule has 0 aliphatic rings. The lowest BCUT2D eigenvalue weighted by atomic mass is 10.1. The summed E-state index contributed by atoms with van der Waals surface area (Å²) >= 11 is 0. The zero-order valence-electron chi connectivity index (χ0n) is 11.1. The molecule has 4 heteroatoms. The van der Waals surface area contributed by atoms with Crippen molar-refractivity contribution < 1.29 is 9.13 Å². The van der Waals surface area contributed by atoms with Crippen molar-refractivity contribution in [3.8, 4) is 5.75 Å². The molecule has 0 bridgehead atoms. The van der Waals surface area contributed by atoms with Crippen molar-refractivity contribution >= 4 is 5.69 Å². The molecule has 0 fully saturated rings. The van der Waals surface area contributed by atoms with Crippen LogP contribution < -0.4 is 10.1 Å². The molecular weight excluding hydrogens is 243 g/mol. The molecule has 0 saturated heterocycles. The van der Waals surface area contributed by atoms with Crippen molar-refractivity contribution in [1.29, 1.82) is 0 Å². The molecule has 19 heavy (non-hydrogen) atoms. The summed E-state index contributed by atoms with van der Waals surface area (Å²) in [5.41, 5.74) is 3.06. The number of benzene rings is 1. The number of nitrogens with zero attached hydrogens (tertiary/aromatic N) is 1. The second kappa shape index (κ2) is 6.18. The molecule has 0 aliphatic carbocycles. The Morgan fingerprint density at radius 1 is 1.16 bits per heavy atom. The topological polar surface area (TPSA) is 34.1 Å². The van der Waals surface area contributed by atoms with E-state index in [1.807, 2.05) is 26.0 Å². The Morgan fingerprint density at radius 2 is 1.89 bits per heavy atom. The molecule has 0 atom stereocenters. The van der Waals surface area contributed by atoms with Crippen molar-refractivity contribution in [1.82, 2.24) is 4.98 Å². The molecule has 1 aromatic carbocycles. The molecule has 0 saturated carbocycles. The maximum absolute atomic E-state index is 12.8. The zero-order chi connectivity index (χ0) is 13.7. The number of ether oxygens (including phenoxy) is 1. The number of anilines is 1. The van der Waals surface area contributed by atoms with E-state index in [-0.39, 0.29) is 0 Å². The lowest BCUT2D eigenvalue weighted by molar-refractivity contribution is 0.332. The molecule has 0 spiro atoms. The molecule has 100 valence electrons. The summed E-state index contributed by atoms with van der Waals surface area (Å²) < 4.78 is 18.5. The molecule has 2 rings (SSSR count). The first kappa shape index (κ1) is 13.3. The number of halogens is 1. The third-order valence-corrected chi connectivity index (χ3v) is 2.62. The van der Waals surface area contributed by atoms with E-state index in [0.29, 0.717) is 18.8 Å². The largest absolute Gasteiger partial charge is 0.492 e. The lowest BCUT2D eigenvalue weighted by Gasteiger charge is -2.10. The third kappa shape index (κ3) is 4.25. The van der Waals surface area contributed by atoms with Gasteiger partial charge in [0.1, 0.15) is 12.4 Å². The minimum Gasteiger partial charge on any atom is -0.492 e. The molecule has 1 N–H and O–H groups in total. The first-order valence-electron chi connectivity index (χ1n) is 6.20. The normalized spacial score (nSPS) is 10.3. The minimum atomic E-state index is -0.486. The minimum absolute atomic E-state index is 0.486. The molecule has 0 unspecified atom stereocenters. The van der Waals surface area contributed by atoms with Crippen LogP contribution in [-0.4, -0.2) is 18.1 Å². The van der Waals surface area contributed by atoms with E-state index in [2.05, 4.69) is 16.4 Å². The Kier molecular flexibility index (Phi) is 4.34. The van der Waals surface area contributed by atoms with Gasteiger partial charge in [-0.2, -0.15) is 4.39 Å². The quantitative estimate of drug-likeness (QED) is 0.661. The Labute approximate surface area is 112 Å². The predicted molar refractivity (Wildman–Crippen MR) is 74.1 cm³/mol. The molecule has 3 nitrogen and oxygen atoms in total. The van der Waals surface area contributed by atoms with Crippen LogP contribution in [0.4, 0.5) is 10.1 Å². The van der Waals surface area contributed by atoms with Crippen LogP contribution >= 0.6 is 0 Å². The van der Waals surface area contributed by atoms with Crippen molar-refractivity contribution in [2.45, 2.75) is 13.8 Å². The van der Waals surface area contributed by atoms with Gasteiger partial charge in [0.15, 0.2) is 0 Å². The summed E-state index contributed by atoms with van der Waals surface area (Å²) in [6, 6.07) is 9.18. The van der Waals surface area contributed by atoms with Crippen LogP contribution in [-0.2, 0) is 0 Å². The van der Waals surface area contributed by atoms with Crippen LogP contribution in [0.25, 0.3) is 0 Å². The summed E-state index contributed by atoms with van der Waals surface area (Å²) in [5.74, 6) is 0.375. The maximum atomic E-state index is 12.8. The number of aryl methyl sites for hydroxylation is 2. The number of hydrogen-bond donors (Lipinski definition) is 1. The van der Waals surface area contributed by atoms with Gasteiger partial charge in [0.2, 0.25) is 5.95 Å². The number of pyridine rings is 1. The van der Waals surface area contributed by atoms with Crippen LogP contribution in [0.5, 0.6) is 5.75 Å². The van der Waals surface area contributed by atoms with E-state index in [9.17, 15) is 4.39 Å². The smallest absolute Gasteiger partial charge is 0.214 e. The van der Waals surface area contributed by atoms with Gasteiger partial charge in [-0.15, -0.1) is 0 Å². The Hall–Kier alpha value is -2.10. The van der Waals surface area contributed by atoms with Crippen molar-refractivity contribution in [3.63, 3.8) is 0 Å². The molecule has 0 amide bonds. The highest BCUT2D eigenvalue weighted by atomic mass is 19.1. The predicted octanol–water partition coefficient (Wildman–Crippen LogP) is 3.33. The van der Waals surface area contributed by atoms with Gasteiger partial charge in [0.25, 0.3) is 0 Å². The zero-order valence-corrected chi connectivity index (χ0v) is 11.1. The number of rotatable bonds is 5. The standard InChI is InChI=1S/C15H17FN2O/c1-11-7-12(2)9-14(8-11)19-6-5-17-13-3-4-18-15(16)10-13/h3-4,7-10H,5-6H2,1-2H3,(H,17,18). The van der Waals surface area contributed by atoms with Gasteiger partial charge in [-0.05, 0) is 43.2 Å². The highest BCUT2D eigenvalue weighted by Crippen LogP contribution is 2.16. The van der Waals surface area contributed by atoms with E-state index < -0.39 is 5.95 Å². The monoisotopic (exact) mass is 260 g/mol. The Morgan fingerprint density at radius 3 is 2.58 bits per heavy atom. The average Bonchev–Trinajstić information content (AvgIpc) is 2.34. The molecule has 1 aromatic heterocycles. The second-order valence-electron chi connectivity index (χ2n) is 4.47. The highest BCUT2D eigenvalue weighted by molar-refractivity contribution is 5.41. The van der Waals surface area contributed by atoms with Crippen LogP contribution in [0, 0.1) is 19.8 Å². The van der Waals surface area contributed by atoms with Gasteiger partial charge in [-0.25, -0.2) is 4.98 Å². The number of aromatic nitrogens is 1. The van der Waals surface area contributed by atoms with Crippen molar-refractivity contribution in [2.75, 3.05) is 18.5 Å². The van der Waals surface area contributed by atoms with Gasteiger partial charge in [0.05, 0.1) is 0 Å². The summed E-state index contributed by atoms with van der Waals surface area (Å²) in [7, 11) is 0. The average molecular weight is 260 g/mol. The second-order valence-corrected chi connectivity index (χ2v) is 4.47. The van der Waals surface area contributed by atoms with Crippen molar-refractivity contribution in [2.24, 2.45) is 0 Å². The number of hydrogen-bond acceptors (Lipinski definition) is 3. The van der Waals surface area contributed by atoms with Gasteiger partial charge >= 0.3 is 0 Å². The van der Waals surface area contributed by atoms with Crippen molar-refractivity contribution in [3.05, 3.63) is 53.6 Å². The fraction of sp³-hybridized carbons (Fsp3) is 0.267. The molecule has 1 heterocycles. The number of nitrogens with one attached hydrogen (secondary N) is 1. The Bertz CT molecular complexity index is 537. The highest BCUT2D eigenvalue weighted by Gasteiger charge is 1.98. The first-order chi connectivity index (χ1) is 9.13. The van der Waals surface area contributed by atoms with Crippen LogP contribution in [0.1, 0.15) is 11.1 Å². The molecular formula is C15H17FN2O. The molecule has 2 aromatic rings. The van der Waals surface area contributed by atoms with E-state index in [1.54, 1.807) is 6.07 Å². The maximum Gasteiger partial charge on any atom is 0.214 e. The molecule has 0 aliphatic heterocycles. The lowest BCUT2D eigenvalue weighted by Crippen LogP contribution is -2.11. The molecule has 0 radical (unpaired) electrons. The van der Waals surface area contributed by atoms with E-state index in [4.69, 9.17) is 4.74 Å². The third-order valence-electron chi connectivity index (χ3n) is 2.62. The summed E-state index contributed by atoms with van der Waals surface area (Å²) in [6.45, 7) is 5.21. The van der Waals surface area contributed by atoms with Crippen LogP contribution in [0.15, 0.2) is 36.5 Å². The van der Waals surface area contributed by atoms with Gasteiger partial charge < -0.3 is 10.1 Å². The van der Waals surface area contributed by atoms with Crippen LogP contribution in [0.3, 0.4) is 0 Å². The first-order valence-corrected chi connectivity index (χ1v) is 6.20. The summed E-state index contributed by atoms with van der Waals surface area (Å²) in [5, 5.41) is 3.08. The van der Waals surface area contributed by atoms with Gasteiger partial charge in [-0.1, -0.05) is 6.07 Å². The van der Waals surface area contributed by atoms with E-state index in [1.165, 1.54) is 23.4 Å². The fourth-order valence-electron chi connectivity index (χ4n) is 1.89. The summed E-state index contributed by atoms with van der Waals surface area (Å²) in [4.78, 5) is 3.50. The van der Waals surface area contributed by atoms with Gasteiger partial charge in [-0.3, -0.25) is 0 Å². The fourth-order valence-corrected chi connectivity index (χ4v) is 1.89. The van der Waals surface area contributed by atoms with Crippen LogP contribution in [0.2, 0.25) is 0 Å².